The van der Waals surface area contributed by atoms with Crippen LogP contribution in [0, 0.1) is 0 Å². The molecule has 0 aliphatic rings. The van der Waals surface area contributed by atoms with Crippen molar-refractivity contribution < 1.29 is 4.79 Å². The molecule has 0 atom stereocenters. The number of carbonyl (C=O) groups is 1. The predicted molar refractivity (Wildman–Crippen MR) is 81.7 cm³/mol. The molecule has 5 heteroatoms. The average Bonchev–Trinajstić information content (AvgIpc) is 2.93. The number of thiazole rings is 1. The van der Waals surface area contributed by atoms with Gasteiger partial charge in [-0.25, -0.2) is 9.78 Å². The molecule has 0 spiro atoms. The Morgan fingerprint density at radius 1 is 1.20 bits per heavy atom. The lowest BCUT2D eigenvalue weighted by atomic mass is 10.2. The largest absolute Gasteiger partial charge is 0.334 e. The van der Waals surface area contributed by atoms with Crippen LogP contribution in [0.1, 0.15) is 36.0 Å². The molecule has 0 saturated heterocycles. The maximum absolute atomic E-state index is 11.7. The molecule has 0 radical (unpaired) electrons. The van der Waals surface area contributed by atoms with Crippen molar-refractivity contribution in [3.63, 3.8) is 0 Å². The summed E-state index contributed by atoms with van der Waals surface area (Å²) >= 11 is 1.64. The monoisotopic (exact) mass is 289 g/mol. The molecule has 0 saturated carbocycles. The average molecular weight is 289 g/mol. The minimum absolute atomic E-state index is 0.173. The van der Waals surface area contributed by atoms with Gasteiger partial charge in [0.2, 0.25) is 0 Å². The van der Waals surface area contributed by atoms with Crippen LogP contribution in [-0.4, -0.2) is 11.0 Å². The van der Waals surface area contributed by atoms with Crippen molar-refractivity contribution in [2.45, 2.75) is 32.9 Å². The Kier molecular flexibility index (Phi) is 5.12. The standard InChI is InChI=1S/C15H19N3OS/c1-11(2)14-18-13(10-20-14)9-17-15(19)16-8-12-6-4-3-5-7-12/h3-7,10-11H,8-9H2,1-2H3,(H2,16,17,19). The number of nitrogens with one attached hydrogen (secondary N) is 2. The summed E-state index contributed by atoms with van der Waals surface area (Å²) in [4.78, 5) is 16.2. The number of hydrogen-bond acceptors (Lipinski definition) is 3. The van der Waals surface area contributed by atoms with Crippen molar-refractivity contribution in [3.8, 4) is 0 Å². The zero-order chi connectivity index (χ0) is 14.4. The number of amides is 2. The zero-order valence-electron chi connectivity index (χ0n) is 11.7. The van der Waals surface area contributed by atoms with E-state index in [4.69, 9.17) is 0 Å². The van der Waals surface area contributed by atoms with Gasteiger partial charge in [0.05, 0.1) is 17.2 Å². The number of rotatable bonds is 5. The van der Waals surface area contributed by atoms with Gasteiger partial charge in [-0.15, -0.1) is 11.3 Å². The highest BCUT2D eigenvalue weighted by Crippen LogP contribution is 2.18. The minimum atomic E-state index is -0.173. The molecule has 2 aromatic rings. The molecular formula is C15H19N3OS. The van der Waals surface area contributed by atoms with Crippen molar-refractivity contribution >= 4 is 17.4 Å². The number of benzene rings is 1. The summed E-state index contributed by atoms with van der Waals surface area (Å²) in [6.07, 6.45) is 0. The van der Waals surface area contributed by atoms with E-state index < -0.39 is 0 Å². The van der Waals surface area contributed by atoms with Crippen LogP contribution in [0.5, 0.6) is 0 Å². The molecule has 1 aromatic heterocycles. The van der Waals surface area contributed by atoms with Gasteiger partial charge in [0.1, 0.15) is 0 Å². The van der Waals surface area contributed by atoms with Gasteiger partial charge in [-0.05, 0) is 5.56 Å². The van der Waals surface area contributed by atoms with E-state index >= 15 is 0 Å². The van der Waals surface area contributed by atoms with Crippen molar-refractivity contribution in [3.05, 3.63) is 52.0 Å². The van der Waals surface area contributed by atoms with E-state index in [-0.39, 0.29) is 6.03 Å². The number of aromatic nitrogens is 1. The molecule has 0 bridgehead atoms. The van der Waals surface area contributed by atoms with Gasteiger partial charge in [0.25, 0.3) is 0 Å². The fourth-order valence-corrected chi connectivity index (χ4v) is 2.52. The lowest BCUT2D eigenvalue weighted by Crippen LogP contribution is -2.34. The quantitative estimate of drug-likeness (QED) is 0.887. The van der Waals surface area contributed by atoms with Crippen LogP contribution in [0.3, 0.4) is 0 Å². The Balaban J connectivity index is 1.74. The van der Waals surface area contributed by atoms with E-state index in [1.807, 2.05) is 35.7 Å². The number of carbonyl (C=O) groups excluding carboxylic acids is 1. The highest BCUT2D eigenvalue weighted by Gasteiger charge is 2.07. The number of nitrogens with zero attached hydrogens (tertiary/aromatic N) is 1. The molecule has 4 nitrogen and oxygen atoms in total. The SMILES string of the molecule is CC(C)c1nc(CNC(=O)NCc2ccccc2)cs1. The van der Waals surface area contributed by atoms with Crippen LogP contribution < -0.4 is 10.6 Å². The highest BCUT2D eigenvalue weighted by atomic mass is 32.1. The highest BCUT2D eigenvalue weighted by molar-refractivity contribution is 7.09. The number of urea groups is 1. The first-order chi connectivity index (χ1) is 9.65. The van der Waals surface area contributed by atoms with Crippen LogP contribution in [0.2, 0.25) is 0 Å². The normalized spacial score (nSPS) is 10.6. The Labute approximate surface area is 123 Å². The second-order valence-electron chi connectivity index (χ2n) is 4.85. The summed E-state index contributed by atoms with van der Waals surface area (Å²) < 4.78 is 0. The third kappa shape index (κ3) is 4.35. The summed E-state index contributed by atoms with van der Waals surface area (Å²) in [7, 11) is 0. The van der Waals surface area contributed by atoms with Gasteiger partial charge in [0.15, 0.2) is 0 Å². The summed E-state index contributed by atoms with van der Waals surface area (Å²) in [5.74, 6) is 0.431. The molecule has 106 valence electrons. The first-order valence-corrected chi connectivity index (χ1v) is 7.53. The van der Waals surface area contributed by atoms with E-state index in [9.17, 15) is 4.79 Å². The second kappa shape index (κ2) is 7.05. The van der Waals surface area contributed by atoms with Gasteiger partial charge in [-0.3, -0.25) is 0 Å². The van der Waals surface area contributed by atoms with E-state index in [1.165, 1.54) is 0 Å². The van der Waals surface area contributed by atoms with Crippen LogP contribution in [0.4, 0.5) is 4.79 Å². The number of hydrogen-bond donors (Lipinski definition) is 2. The third-order valence-corrected chi connectivity index (χ3v) is 3.98. The van der Waals surface area contributed by atoms with Gasteiger partial charge in [-0.1, -0.05) is 44.2 Å². The van der Waals surface area contributed by atoms with Crippen molar-refractivity contribution in [2.24, 2.45) is 0 Å². The third-order valence-electron chi connectivity index (χ3n) is 2.79. The van der Waals surface area contributed by atoms with Gasteiger partial charge in [-0.2, -0.15) is 0 Å². The smallest absolute Gasteiger partial charge is 0.315 e. The van der Waals surface area contributed by atoms with Crippen LogP contribution in [0.25, 0.3) is 0 Å². The molecule has 0 fully saturated rings. The lowest BCUT2D eigenvalue weighted by Gasteiger charge is -2.06. The van der Waals surface area contributed by atoms with Gasteiger partial charge in [0, 0.05) is 17.8 Å². The molecular weight excluding hydrogens is 270 g/mol. The topological polar surface area (TPSA) is 54.0 Å². The Bertz CT molecular complexity index is 551. The van der Waals surface area contributed by atoms with Gasteiger partial charge >= 0.3 is 6.03 Å². The van der Waals surface area contributed by atoms with Crippen LogP contribution in [-0.2, 0) is 13.1 Å². The molecule has 2 rings (SSSR count). The Morgan fingerprint density at radius 2 is 1.90 bits per heavy atom. The van der Waals surface area contributed by atoms with Crippen LogP contribution in [0.15, 0.2) is 35.7 Å². The van der Waals surface area contributed by atoms with Crippen molar-refractivity contribution in [1.82, 2.24) is 15.6 Å². The fraction of sp³-hybridized carbons (Fsp3) is 0.333. The fourth-order valence-electron chi connectivity index (χ4n) is 1.68. The molecule has 0 aliphatic heterocycles. The maximum Gasteiger partial charge on any atom is 0.315 e. The van der Waals surface area contributed by atoms with E-state index in [1.54, 1.807) is 11.3 Å². The molecule has 1 heterocycles. The molecule has 2 amide bonds. The molecule has 0 unspecified atom stereocenters. The zero-order valence-corrected chi connectivity index (χ0v) is 12.5. The summed E-state index contributed by atoms with van der Waals surface area (Å²) in [5.41, 5.74) is 1.99. The molecule has 0 aliphatic carbocycles. The second-order valence-corrected chi connectivity index (χ2v) is 5.74. The van der Waals surface area contributed by atoms with E-state index in [0.29, 0.717) is 19.0 Å². The van der Waals surface area contributed by atoms with Crippen LogP contribution >= 0.6 is 11.3 Å². The Hall–Kier alpha value is -1.88. The van der Waals surface area contributed by atoms with Crippen molar-refractivity contribution in [2.75, 3.05) is 0 Å². The van der Waals surface area contributed by atoms with Gasteiger partial charge < -0.3 is 10.6 Å². The Morgan fingerprint density at radius 3 is 2.55 bits per heavy atom. The summed E-state index contributed by atoms with van der Waals surface area (Å²) in [6.45, 7) is 5.22. The lowest BCUT2D eigenvalue weighted by molar-refractivity contribution is 0.240. The first-order valence-electron chi connectivity index (χ1n) is 6.65. The first kappa shape index (κ1) is 14.5. The minimum Gasteiger partial charge on any atom is -0.334 e. The summed E-state index contributed by atoms with van der Waals surface area (Å²) in [5, 5.41) is 8.74. The predicted octanol–water partition coefficient (Wildman–Crippen LogP) is 3.27. The molecule has 20 heavy (non-hydrogen) atoms. The summed E-state index contributed by atoms with van der Waals surface area (Å²) in [6, 6.07) is 9.66. The van der Waals surface area contributed by atoms with Crippen molar-refractivity contribution in [1.29, 1.82) is 0 Å². The van der Waals surface area contributed by atoms with E-state index in [2.05, 4.69) is 29.5 Å². The maximum atomic E-state index is 11.7. The van der Waals surface area contributed by atoms with E-state index in [0.717, 1.165) is 16.3 Å². The molecule has 1 aromatic carbocycles. The molecule has 2 N–H and O–H groups in total.